The molecule has 2 heterocycles. The lowest BCUT2D eigenvalue weighted by atomic mass is 10.2. The van der Waals surface area contributed by atoms with Crippen LogP contribution < -0.4 is 0 Å². The predicted octanol–water partition coefficient (Wildman–Crippen LogP) is 2.81. The Morgan fingerprint density at radius 3 is 2.67 bits per heavy atom. The minimum absolute atomic E-state index is 0.000974. The summed E-state index contributed by atoms with van der Waals surface area (Å²) in [7, 11) is -3.82. The number of nitrogens with zero attached hydrogens (tertiary/aromatic N) is 3. The molecule has 0 aliphatic carbocycles. The fourth-order valence-electron chi connectivity index (χ4n) is 3.22. The highest BCUT2D eigenvalue weighted by atomic mass is 32.2. The number of para-hydroxylation sites is 2. The molecule has 1 saturated heterocycles. The second kappa shape index (κ2) is 5.68. The van der Waals surface area contributed by atoms with Crippen molar-refractivity contribution < 1.29 is 12.8 Å². The number of imidazole rings is 1. The lowest BCUT2D eigenvalue weighted by molar-refractivity contribution is 0.449. The first-order chi connectivity index (χ1) is 11.6. The molecule has 5 nitrogen and oxygen atoms in total. The van der Waals surface area contributed by atoms with E-state index in [1.807, 2.05) is 28.8 Å². The van der Waals surface area contributed by atoms with Crippen LogP contribution in [0.1, 0.15) is 12.5 Å². The number of hydrogen-bond acceptors (Lipinski definition) is 3. The molecule has 0 bridgehead atoms. The van der Waals surface area contributed by atoms with E-state index < -0.39 is 15.8 Å². The Balaban J connectivity index is 1.64. The molecule has 1 aliphatic heterocycles. The Morgan fingerprint density at radius 2 is 1.83 bits per heavy atom. The van der Waals surface area contributed by atoms with Crippen molar-refractivity contribution in [3.8, 4) is 0 Å². The summed E-state index contributed by atoms with van der Waals surface area (Å²) in [6, 6.07) is 13.2. The molecule has 1 aliphatic rings. The molecular formula is C17H16FN3O2S. The lowest BCUT2D eigenvalue weighted by Gasteiger charge is -2.18. The molecule has 4 rings (SSSR count). The van der Waals surface area contributed by atoms with E-state index in [-0.39, 0.29) is 10.9 Å². The van der Waals surface area contributed by atoms with Crippen molar-refractivity contribution in [3.05, 3.63) is 60.7 Å². The molecule has 0 saturated carbocycles. The zero-order valence-electron chi connectivity index (χ0n) is 12.8. The third-order valence-corrected chi connectivity index (χ3v) is 6.35. The van der Waals surface area contributed by atoms with Crippen molar-refractivity contribution in [2.24, 2.45) is 0 Å². The number of hydrogen-bond donors (Lipinski definition) is 0. The van der Waals surface area contributed by atoms with Gasteiger partial charge in [0.1, 0.15) is 10.7 Å². The first kappa shape index (κ1) is 15.3. The van der Waals surface area contributed by atoms with Crippen LogP contribution in [-0.4, -0.2) is 35.4 Å². The Bertz CT molecular complexity index is 1000. The number of benzene rings is 2. The highest BCUT2D eigenvalue weighted by Crippen LogP contribution is 2.30. The minimum Gasteiger partial charge on any atom is -0.326 e. The van der Waals surface area contributed by atoms with Crippen LogP contribution in [0.3, 0.4) is 0 Å². The molecule has 124 valence electrons. The summed E-state index contributed by atoms with van der Waals surface area (Å²) in [5, 5.41) is 0. The summed E-state index contributed by atoms with van der Waals surface area (Å²) < 4.78 is 42.6. The average Bonchev–Trinajstić information content (AvgIpc) is 3.22. The zero-order chi connectivity index (χ0) is 16.7. The summed E-state index contributed by atoms with van der Waals surface area (Å²) >= 11 is 0. The van der Waals surface area contributed by atoms with E-state index >= 15 is 0 Å². The van der Waals surface area contributed by atoms with Crippen LogP contribution >= 0.6 is 0 Å². The Morgan fingerprint density at radius 1 is 1.08 bits per heavy atom. The number of sulfonamides is 1. The monoisotopic (exact) mass is 345 g/mol. The van der Waals surface area contributed by atoms with Crippen LogP contribution in [0, 0.1) is 5.82 Å². The predicted molar refractivity (Wildman–Crippen MR) is 88.5 cm³/mol. The van der Waals surface area contributed by atoms with E-state index in [9.17, 15) is 12.8 Å². The molecule has 24 heavy (non-hydrogen) atoms. The van der Waals surface area contributed by atoms with Gasteiger partial charge in [-0.2, -0.15) is 4.31 Å². The van der Waals surface area contributed by atoms with Gasteiger partial charge in [-0.05, 0) is 30.7 Å². The van der Waals surface area contributed by atoms with Crippen molar-refractivity contribution in [2.45, 2.75) is 17.4 Å². The van der Waals surface area contributed by atoms with Crippen molar-refractivity contribution in [1.82, 2.24) is 13.9 Å². The number of aromatic nitrogens is 2. The van der Waals surface area contributed by atoms with Gasteiger partial charge in [0.2, 0.25) is 10.0 Å². The fraction of sp³-hybridized carbons (Fsp3) is 0.235. The third kappa shape index (κ3) is 2.40. The standard InChI is InChI=1S/C17H16FN3O2S/c18-14-5-1-4-8-17(14)24(22,23)20-10-9-13(11-20)21-12-19-15-6-2-3-7-16(15)21/h1-8,12-13H,9-11H2/t13-/m1/s1. The molecule has 0 amide bonds. The van der Waals surface area contributed by atoms with Gasteiger partial charge in [-0.15, -0.1) is 0 Å². The summed E-state index contributed by atoms with van der Waals surface area (Å²) in [4.78, 5) is 4.09. The van der Waals surface area contributed by atoms with Crippen molar-refractivity contribution in [1.29, 1.82) is 0 Å². The quantitative estimate of drug-likeness (QED) is 0.733. The van der Waals surface area contributed by atoms with E-state index in [0.717, 1.165) is 11.0 Å². The van der Waals surface area contributed by atoms with Gasteiger partial charge in [-0.1, -0.05) is 24.3 Å². The van der Waals surface area contributed by atoms with Crippen LogP contribution in [0.25, 0.3) is 11.0 Å². The smallest absolute Gasteiger partial charge is 0.246 e. The molecule has 0 spiro atoms. The summed E-state index contributed by atoms with van der Waals surface area (Å²) in [6.07, 6.45) is 2.42. The van der Waals surface area contributed by atoms with Crippen molar-refractivity contribution >= 4 is 21.1 Å². The second-order valence-corrected chi connectivity index (χ2v) is 7.78. The Kier molecular flexibility index (Phi) is 3.62. The second-order valence-electron chi connectivity index (χ2n) is 5.88. The van der Waals surface area contributed by atoms with E-state index in [4.69, 9.17) is 0 Å². The van der Waals surface area contributed by atoms with Crippen LogP contribution in [-0.2, 0) is 10.0 Å². The van der Waals surface area contributed by atoms with Gasteiger partial charge < -0.3 is 4.57 Å². The van der Waals surface area contributed by atoms with Gasteiger partial charge in [0.25, 0.3) is 0 Å². The lowest BCUT2D eigenvalue weighted by Crippen LogP contribution is -2.29. The SMILES string of the molecule is O=S(=O)(c1ccccc1F)N1CC[C@@H](n2cnc3ccccc32)C1. The molecule has 2 aromatic carbocycles. The van der Waals surface area contributed by atoms with Gasteiger partial charge >= 0.3 is 0 Å². The van der Waals surface area contributed by atoms with E-state index in [1.165, 1.54) is 28.6 Å². The first-order valence-corrected chi connectivity index (χ1v) is 9.17. The normalized spacial score (nSPS) is 19.1. The van der Waals surface area contributed by atoms with E-state index in [0.29, 0.717) is 19.5 Å². The van der Waals surface area contributed by atoms with Gasteiger partial charge in [0.15, 0.2) is 0 Å². The van der Waals surface area contributed by atoms with E-state index in [2.05, 4.69) is 4.98 Å². The topological polar surface area (TPSA) is 55.2 Å². The van der Waals surface area contributed by atoms with Gasteiger partial charge in [-0.3, -0.25) is 0 Å². The largest absolute Gasteiger partial charge is 0.326 e. The van der Waals surface area contributed by atoms with E-state index in [1.54, 1.807) is 6.33 Å². The van der Waals surface area contributed by atoms with Crippen LogP contribution in [0.2, 0.25) is 0 Å². The Labute approximate surface area is 139 Å². The maximum atomic E-state index is 13.9. The molecule has 0 unspecified atom stereocenters. The maximum Gasteiger partial charge on any atom is 0.246 e. The minimum atomic E-state index is -3.82. The number of fused-ring (bicyclic) bond motifs is 1. The van der Waals surface area contributed by atoms with Gasteiger partial charge in [0, 0.05) is 13.1 Å². The number of halogens is 1. The molecular weight excluding hydrogens is 329 g/mol. The summed E-state index contributed by atoms with van der Waals surface area (Å²) in [5.74, 6) is -0.714. The van der Waals surface area contributed by atoms with Crippen molar-refractivity contribution in [2.75, 3.05) is 13.1 Å². The fourth-order valence-corrected chi connectivity index (χ4v) is 4.78. The summed E-state index contributed by atoms with van der Waals surface area (Å²) in [6.45, 7) is 0.685. The molecule has 0 radical (unpaired) electrons. The molecule has 0 N–H and O–H groups in total. The van der Waals surface area contributed by atoms with Gasteiger partial charge in [-0.25, -0.2) is 17.8 Å². The van der Waals surface area contributed by atoms with Crippen LogP contribution in [0.4, 0.5) is 4.39 Å². The first-order valence-electron chi connectivity index (χ1n) is 7.73. The third-order valence-electron chi connectivity index (χ3n) is 4.46. The highest BCUT2D eigenvalue weighted by Gasteiger charge is 2.35. The van der Waals surface area contributed by atoms with Crippen LogP contribution in [0.15, 0.2) is 59.8 Å². The Hall–Kier alpha value is -2.25. The molecule has 1 fully saturated rings. The summed E-state index contributed by atoms with van der Waals surface area (Å²) in [5.41, 5.74) is 1.86. The average molecular weight is 345 g/mol. The molecule has 1 atom stereocenters. The highest BCUT2D eigenvalue weighted by molar-refractivity contribution is 7.89. The van der Waals surface area contributed by atoms with Gasteiger partial charge in [0.05, 0.1) is 23.4 Å². The zero-order valence-corrected chi connectivity index (χ0v) is 13.7. The molecule has 7 heteroatoms. The van der Waals surface area contributed by atoms with Crippen LogP contribution in [0.5, 0.6) is 0 Å². The molecule has 1 aromatic heterocycles. The number of rotatable bonds is 3. The maximum absolute atomic E-state index is 13.9. The van der Waals surface area contributed by atoms with Crippen molar-refractivity contribution in [3.63, 3.8) is 0 Å². The molecule has 3 aromatic rings.